The van der Waals surface area contributed by atoms with Gasteiger partial charge in [0.2, 0.25) is 5.91 Å². The van der Waals surface area contributed by atoms with Gasteiger partial charge in [0.15, 0.2) is 0 Å². The van der Waals surface area contributed by atoms with Crippen LogP contribution in [0.15, 0.2) is 28.7 Å². The third kappa shape index (κ3) is 6.02. The van der Waals surface area contributed by atoms with E-state index in [2.05, 4.69) is 26.6 Å². The van der Waals surface area contributed by atoms with Crippen LogP contribution in [0.5, 0.6) is 0 Å². The van der Waals surface area contributed by atoms with Gasteiger partial charge in [0.25, 0.3) is 0 Å². The van der Waals surface area contributed by atoms with Crippen LogP contribution < -0.4 is 10.6 Å². The molecule has 5 heteroatoms. The maximum absolute atomic E-state index is 11.5. The highest BCUT2D eigenvalue weighted by Crippen LogP contribution is 2.20. The van der Waals surface area contributed by atoms with Gasteiger partial charge in [0.1, 0.15) is 0 Å². The lowest BCUT2D eigenvalue weighted by Gasteiger charge is -2.11. The maximum Gasteiger partial charge on any atom is 0.221 e. The Labute approximate surface area is 117 Å². The van der Waals surface area contributed by atoms with E-state index in [4.69, 9.17) is 0 Å². The first-order valence-electron chi connectivity index (χ1n) is 5.99. The molecular weight excluding hydrogens is 294 g/mol. The van der Waals surface area contributed by atoms with Crippen molar-refractivity contribution in [2.24, 2.45) is 0 Å². The van der Waals surface area contributed by atoms with E-state index in [9.17, 15) is 4.79 Å². The van der Waals surface area contributed by atoms with Gasteiger partial charge in [0, 0.05) is 36.2 Å². The van der Waals surface area contributed by atoms with Gasteiger partial charge in [-0.2, -0.15) is 0 Å². The van der Waals surface area contributed by atoms with Crippen molar-refractivity contribution in [2.75, 3.05) is 39.0 Å². The molecule has 0 aliphatic carbocycles. The molecule has 0 aliphatic heterocycles. The van der Waals surface area contributed by atoms with Gasteiger partial charge in [-0.15, -0.1) is 0 Å². The molecule has 1 amide bonds. The van der Waals surface area contributed by atoms with Crippen molar-refractivity contribution in [3.05, 3.63) is 28.7 Å². The second-order valence-corrected chi connectivity index (χ2v) is 5.16. The smallest absolute Gasteiger partial charge is 0.221 e. The number of rotatable bonds is 7. The molecule has 0 aliphatic rings. The zero-order valence-electron chi connectivity index (χ0n) is 10.9. The largest absolute Gasteiger partial charge is 0.384 e. The van der Waals surface area contributed by atoms with Crippen LogP contribution in [0.3, 0.4) is 0 Å². The SMILES string of the molecule is CN(C)CCNC(=O)CCNc1ccccc1Br. The number of anilines is 1. The number of amides is 1. The zero-order chi connectivity index (χ0) is 13.4. The number of nitrogens with one attached hydrogen (secondary N) is 2. The second-order valence-electron chi connectivity index (χ2n) is 4.31. The molecule has 1 aromatic rings. The third-order valence-corrected chi connectivity index (χ3v) is 3.11. The zero-order valence-corrected chi connectivity index (χ0v) is 12.5. The van der Waals surface area contributed by atoms with Crippen molar-refractivity contribution < 1.29 is 4.79 Å². The molecular formula is C13H20BrN3O. The minimum Gasteiger partial charge on any atom is -0.384 e. The number of halogens is 1. The van der Waals surface area contributed by atoms with E-state index < -0.39 is 0 Å². The van der Waals surface area contributed by atoms with Crippen molar-refractivity contribution in [3.63, 3.8) is 0 Å². The summed E-state index contributed by atoms with van der Waals surface area (Å²) in [6.45, 7) is 2.20. The second kappa shape index (κ2) is 8.11. The number of benzene rings is 1. The fourth-order valence-corrected chi connectivity index (χ4v) is 1.85. The standard InChI is InChI=1S/C13H20BrN3O/c1-17(2)10-9-16-13(18)7-8-15-12-6-4-3-5-11(12)14/h3-6,15H,7-10H2,1-2H3,(H,16,18). The van der Waals surface area contributed by atoms with Crippen molar-refractivity contribution in [2.45, 2.75) is 6.42 Å². The molecule has 0 aromatic heterocycles. The van der Waals surface area contributed by atoms with Gasteiger partial charge in [-0.05, 0) is 42.2 Å². The highest BCUT2D eigenvalue weighted by Gasteiger charge is 2.02. The van der Waals surface area contributed by atoms with Crippen LogP contribution in [0.4, 0.5) is 5.69 Å². The summed E-state index contributed by atoms with van der Waals surface area (Å²) in [6.07, 6.45) is 0.481. The molecule has 0 saturated carbocycles. The number of carbonyl (C=O) groups is 1. The number of likely N-dealkylation sites (N-methyl/N-ethyl adjacent to an activating group) is 1. The lowest BCUT2D eigenvalue weighted by molar-refractivity contribution is -0.120. The minimum absolute atomic E-state index is 0.0800. The number of carbonyl (C=O) groups excluding carboxylic acids is 1. The van der Waals surface area contributed by atoms with Gasteiger partial charge in [-0.3, -0.25) is 4.79 Å². The Kier molecular flexibility index (Phi) is 6.75. The molecule has 2 N–H and O–H groups in total. The Morgan fingerprint density at radius 1 is 1.28 bits per heavy atom. The molecule has 0 spiro atoms. The van der Waals surface area contributed by atoms with Crippen LogP contribution >= 0.6 is 15.9 Å². The number of hydrogen-bond acceptors (Lipinski definition) is 3. The minimum atomic E-state index is 0.0800. The average Bonchev–Trinajstić information content (AvgIpc) is 2.31. The van der Waals surface area contributed by atoms with Crippen LogP contribution in [-0.4, -0.2) is 44.5 Å². The first-order chi connectivity index (χ1) is 8.59. The topological polar surface area (TPSA) is 44.4 Å². The summed E-state index contributed by atoms with van der Waals surface area (Å²) in [6, 6.07) is 7.88. The molecule has 18 heavy (non-hydrogen) atoms. The summed E-state index contributed by atoms with van der Waals surface area (Å²) in [5.41, 5.74) is 1.01. The lowest BCUT2D eigenvalue weighted by Crippen LogP contribution is -2.32. The van der Waals surface area contributed by atoms with Crippen molar-refractivity contribution in [1.29, 1.82) is 0 Å². The van der Waals surface area contributed by atoms with Crippen LogP contribution in [0.25, 0.3) is 0 Å². The van der Waals surface area contributed by atoms with E-state index in [-0.39, 0.29) is 5.91 Å². The predicted octanol–water partition coefficient (Wildman–Crippen LogP) is 1.93. The monoisotopic (exact) mass is 313 g/mol. The molecule has 0 bridgehead atoms. The van der Waals surface area contributed by atoms with Crippen molar-refractivity contribution >= 4 is 27.5 Å². The molecule has 100 valence electrons. The van der Waals surface area contributed by atoms with Gasteiger partial charge in [0.05, 0.1) is 0 Å². The Hall–Kier alpha value is -1.07. The highest BCUT2D eigenvalue weighted by atomic mass is 79.9. The molecule has 0 atom stereocenters. The maximum atomic E-state index is 11.5. The van der Waals surface area contributed by atoms with Gasteiger partial charge < -0.3 is 15.5 Å². The predicted molar refractivity (Wildman–Crippen MR) is 78.8 cm³/mol. The Morgan fingerprint density at radius 3 is 2.67 bits per heavy atom. The first kappa shape index (κ1) is 15.0. The van der Waals surface area contributed by atoms with E-state index in [1.165, 1.54) is 0 Å². The molecule has 4 nitrogen and oxygen atoms in total. The fourth-order valence-electron chi connectivity index (χ4n) is 1.42. The molecule has 0 unspecified atom stereocenters. The van der Waals surface area contributed by atoms with E-state index in [0.717, 1.165) is 16.7 Å². The van der Waals surface area contributed by atoms with E-state index in [0.29, 0.717) is 19.5 Å². The quantitative estimate of drug-likeness (QED) is 0.808. The van der Waals surface area contributed by atoms with Crippen LogP contribution in [0.1, 0.15) is 6.42 Å². The highest BCUT2D eigenvalue weighted by molar-refractivity contribution is 9.10. The summed E-state index contributed by atoms with van der Waals surface area (Å²) in [4.78, 5) is 13.6. The Balaban J connectivity index is 2.18. The number of hydrogen-bond donors (Lipinski definition) is 2. The first-order valence-corrected chi connectivity index (χ1v) is 6.78. The van der Waals surface area contributed by atoms with Crippen LogP contribution in [0.2, 0.25) is 0 Å². The van der Waals surface area contributed by atoms with Crippen molar-refractivity contribution in [3.8, 4) is 0 Å². The van der Waals surface area contributed by atoms with Crippen molar-refractivity contribution in [1.82, 2.24) is 10.2 Å². The van der Waals surface area contributed by atoms with Gasteiger partial charge in [-0.1, -0.05) is 12.1 Å². The summed E-state index contributed by atoms with van der Waals surface area (Å²) in [7, 11) is 3.97. The molecule has 1 rings (SSSR count). The van der Waals surface area contributed by atoms with Gasteiger partial charge in [-0.25, -0.2) is 0 Å². The van der Waals surface area contributed by atoms with E-state index in [1.54, 1.807) is 0 Å². The Bertz CT molecular complexity index is 382. The number of para-hydroxylation sites is 1. The molecule has 1 aromatic carbocycles. The summed E-state index contributed by atoms with van der Waals surface area (Å²) in [5.74, 6) is 0.0800. The summed E-state index contributed by atoms with van der Waals surface area (Å²) >= 11 is 3.45. The normalized spacial score (nSPS) is 10.4. The number of nitrogens with zero attached hydrogens (tertiary/aromatic N) is 1. The Morgan fingerprint density at radius 2 is 2.00 bits per heavy atom. The van der Waals surface area contributed by atoms with Crippen LogP contribution in [-0.2, 0) is 4.79 Å². The molecule has 0 radical (unpaired) electrons. The fraction of sp³-hybridized carbons (Fsp3) is 0.462. The summed E-state index contributed by atoms with van der Waals surface area (Å²) < 4.78 is 1.01. The average molecular weight is 314 g/mol. The molecule has 0 saturated heterocycles. The summed E-state index contributed by atoms with van der Waals surface area (Å²) in [5, 5.41) is 6.11. The van der Waals surface area contributed by atoms with E-state index in [1.807, 2.05) is 43.3 Å². The van der Waals surface area contributed by atoms with Crippen LogP contribution in [0, 0.1) is 0 Å². The van der Waals surface area contributed by atoms with E-state index >= 15 is 0 Å². The van der Waals surface area contributed by atoms with Gasteiger partial charge >= 0.3 is 0 Å². The molecule has 0 fully saturated rings. The molecule has 0 heterocycles. The third-order valence-electron chi connectivity index (χ3n) is 2.42. The lowest BCUT2D eigenvalue weighted by atomic mass is 10.3.